The van der Waals surface area contributed by atoms with Gasteiger partial charge >= 0.3 is 0 Å². The molecule has 0 saturated carbocycles. The molecule has 0 aliphatic rings. The molecule has 0 amide bonds. The van der Waals surface area contributed by atoms with Gasteiger partial charge in [0.25, 0.3) is 0 Å². The van der Waals surface area contributed by atoms with Crippen LogP contribution in [0.5, 0.6) is 0 Å². The van der Waals surface area contributed by atoms with Crippen molar-refractivity contribution in [3.8, 4) is 0 Å². The van der Waals surface area contributed by atoms with Crippen molar-refractivity contribution in [1.82, 2.24) is 4.57 Å². The van der Waals surface area contributed by atoms with Crippen LogP contribution in [0.15, 0.2) is 19.7 Å². The fraction of sp³-hybridized carbons (Fsp3) is 0.429. The van der Waals surface area contributed by atoms with Gasteiger partial charge in [-0.25, -0.2) is 0 Å². The fourth-order valence-electron chi connectivity index (χ4n) is 2.50. The van der Waals surface area contributed by atoms with Gasteiger partial charge in [0.05, 0.1) is 28.0 Å². The average Bonchev–Trinajstić information content (AvgIpc) is 2.98. The number of aromatic nitrogens is 1. The Labute approximate surface area is 137 Å². The Kier molecular flexibility index (Phi) is 4.37. The second-order valence-corrected chi connectivity index (χ2v) is 9.60. The minimum absolute atomic E-state index is 1.13. The molecule has 3 aromatic heterocycles. The molecule has 0 bridgehead atoms. The predicted molar refractivity (Wildman–Crippen MR) is 94.7 cm³/mol. The van der Waals surface area contributed by atoms with Gasteiger partial charge in [-0.3, -0.25) is 0 Å². The van der Waals surface area contributed by atoms with E-state index in [9.17, 15) is 0 Å². The third-order valence-electron chi connectivity index (χ3n) is 3.39. The largest absolute Gasteiger partial charge is 0.339 e. The van der Waals surface area contributed by atoms with E-state index >= 15 is 0 Å². The van der Waals surface area contributed by atoms with Crippen LogP contribution in [0.4, 0.5) is 0 Å². The molecule has 0 saturated heterocycles. The van der Waals surface area contributed by atoms with Gasteiger partial charge in [0.2, 0.25) is 0 Å². The van der Waals surface area contributed by atoms with E-state index in [1.807, 2.05) is 22.7 Å². The van der Waals surface area contributed by atoms with Gasteiger partial charge in [-0.1, -0.05) is 26.2 Å². The van der Waals surface area contributed by atoms with Crippen molar-refractivity contribution in [3.05, 3.63) is 19.7 Å². The summed E-state index contributed by atoms with van der Waals surface area (Å²) < 4.78 is 7.79. The minimum Gasteiger partial charge on any atom is -0.339 e. The number of hydrogen-bond acceptors (Lipinski definition) is 2. The molecule has 3 rings (SSSR count). The van der Waals surface area contributed by atoms with Gasteiger partial charge in [-0.15, -0.1) is 22.7 Å². The molecule has 3 aromatic rings. The zero-order valence-electron chi connectivity index (χ0n) is 10.7. The molecule has 0 aromatic carbocycles. The van der Waals surface area contributed by atoms with Gasteiger partial charge in [0.15, 0.2) is 0 Å². The molecule has 0 unspecified atom stereocenters. The maximum Gasteiger partial charge on any atom is 0.0726 e. The molecule has 0 aliphatic carbocycles. The molecule has 5 heteroatoms. The molecule has 0 spiro atoms. The van der Waals surface area contributed by atoms with E-state index in [4.69, 9.17) is 0 Å². The van der Waals surface area contributed by atoms with Crippen LogP contribution in [-0.2, 0) is 6.54 Å². The van der Waals surface area contributed by atoms with Crippen molar-refractivity contribution in [3.63, 3.8) is 0 Å². The predicted octanol–water partition coefficient (Wildman–Crippen LogP) is 7.02. The van der Waals surface area contributed by atoms with Crippen molar-refractivity contribution in [2.24, 2.45) is 0 Å². The number of rotatable bonds is 5. The van der Waals surface area contributed by atoms with Crippen molar-refractivity contribution >= 4 is 75.0 Å². The molecule has 0 radical (unpaired) electrons. The molecule has 0 N–H and O–H groups in total. The van der Waals surface area contributed by atoms with E-state index in [1.54, 1.807) is 0 Å². The third-order valence-corrected chi connectivity index (χ3v) is 6.81. The summed E-state index contributed by atoms with van der Waals surface area (Å²) >= 11 is 10.9. The van der Waals surface area contributed by atoms with E-state index in [0.717, 1.165) is 6.54 Å². The summed E-state index contributed by atoms with van der Waals surface area (Å²) in [4.78, 5) is 0. The van der Waals surface area contributed by atoms with Gasteiger partial charge in [0.1, 0.15) is 0 Å². The number of fused-ring (bicyclic) bond motifs is 3. The van der Waals surface area contributed by atoms with Crippen LogP contribution in [-0.4, -0.2) is 4.57 Å². The van der Waals surface area contributed by atoms with Crippen LogP contribution in [0, 0.1) is 0 Å². The lowest BCUT2D eigenvalue weighted by atomic mass is 10.2. The zero-order valence-corrected chi connectivity index (χ0v) is 15.5. The maximum absolute atomic E-state index is 3.62. The highest BCUT2D eigenvalue weighted by Crippen LogP contribution is 2.43. The summed E-state index contributed by atoms with van der Waals surface area (Å²) in [6.07, 6.45) is 5.24. The van der Waals surface area contributed by atoms with Crippen molar-refractivity contribution in [2.75, 3.05) is 0 Å². The molecule has 0 aliphatic heterocycles. The summed E-state index contributed by atoms with van der Waals surface area (Å²) in [5, 5.41) is 0. The first-order valence-corrected chi connectivity index (χ1v) is 9.79. The first-order chi connectivity index (χ1) is 9.20. The SMILES string of the molecule is CCCCCCn1c2cc(Br)sc2c2sc(Br)cc21. The minimum atomic E-state index is 1.13. The van der Waals surface area contributed by atoms with Crippen molar-refractivity contribution in [1.29, 1.82) is 0 Å². The Bertz CT molecular complexity index is 654. The van der Waals surface area contributed by atoms with E-state index < -0.39 is 0 Å². The number of nitrogens with zero attached hydrogens (tertiary/aromatic N) is 1. The van der Waals surface area contributed by atoms with Crippen LogP contribution in [0.1, 0.15) is 32.6 Å². The van der Waals surface area contributed by atoms with Crippen LogP contribution >= 0.6 is 54.5 Å². The normalized spacial score (nSPS) is 11.9. The zero-order chi connectivity index (χ0) is 13.4. The fourth-order valence-corrected chi connectivity index (χ4v) is 5.83. The number of unbranched alkanes of at least 4 members (excludes halogenated alkanes) is 3. The van der Waals surface area contributed by atoms with Crippen LogP contribution in [0.3, 0.4) is 0 Å². The lowest BCUT2D eigenvalue weighted by molar-refractivity contribution is 0.602. The highest BCUT2D eigenvalue weighted by Gasteiger charge is 2.15. The molecule has 19 heavy (non-hydrogen) atoms. The molecular formula is C14H15Br2NS2. The Hall–Kier alpha value is 0.160. The van der Waals surface area contributed by atoms with Gasteiger partial charge in [0, 0.05) is 6.54 Å². The first-order valence-electron chi connectivity index (χ1n) is 6.57. The van der Waals surface area contributed by atoms with E-state index in [-0.39, 0.29) is 0 Å². The second-order valence-electron chi connectivity index (χ2n) is 4.74. The molecule has 0 fully saturated rings. The van der Waals surface area contributed by atoms with Crippen LogP contribution in [0.2, 0.25) is 0 Å². The highest BCUT2D eigenvalue weighted by atomic mass is 79.9. The molecule has 1 nitrogen and oxygen atoms in total. The van der Waals surface area contributed by atoms with E-state index in [1.165, 1.54) is 53.7 Å². The Morgan fingerprint density at radius 1 is 0.947 bits per heavy atom. The summed E-state index contributed by atoms with van der Waals surface area (Å²) in [6, 6.07) is 4.53. The molecule has 102 valence electrons. The van der Waals surface area contributed by atoms with E-state index in [2.05, 4.69) is 55.5 Å². The number of hydrogen-bond donors (Lipinski definition) is 0. The monoisotopic (exact) mass is 419 g/mol. The smallest absolute Gasteiger partial charge is 0.0726 e. The Morgan fingerprint density at radius 2 is 1.53 bits per heavy atom. The molecular weight excluding hydrogens is 406 g/mol. The maximum atomic E-state index is 3.62. The standard InChI is InChI=1S/C14H15Br2NS2/c1-2-3-4-5-6-17-9-7-11(15)18-13(9)14-10(17)8-12(16)19-14/h7-8H,2-6H2,1H3. The molecule has 0 atom stereocenters. The second kappa shape index (κ2) is 5.88. The lowest BCUT2D eigenvalue weighted by Gasteiger charge is -2.05. The first kappa shape index (κ1) is 14.1. The number of halogens is 2. The topological polar surface area (TPSA) is 4.93 Å². The Balaban J connectivity index is 2.02. The van der Waals surface area contributed by atoms with Crippen molar-refractivity contribution in [2.45, 2.75) is 39.2 Å². The van der Waals surface area contributed by atoms with Crippen LogP contribution in [0.25, 0.3) is 20.4 Å². The third kappa shape index (κ3) is 2.67. The Morgan fingerprint density at radius 3 is 2.05 bits per heavy atom. The lowest BCUT2D eigenvalue weighted by Crippen LogP contribution is -1.96. The molecule has 3 heterocycles. The summed E-state index contributed by atoms with van der Waals surface area (Å²) in [5.41, 5.74) is 2.78. The average molecular weight is 421 g/mol. The van der Waals surface area contributed by atoms with Gasteiger partial charge in [-0.05, 0) is 50.4 Å². The number of thiophene rings is 2. The summed E-state index contributed by atoms with van der Waals surface area (Å²) in [6.45, 7) is 3.39. The van der Waals surface area contributed by atoms with Crippen molar-refractivity contribution < 1.29 is 0 Å². The summed E-state index contributed by atoms with van der Waals surface area (Å²) in [5.74, 6) is 0. The van der Waals surface area contributed by atoms with E-state index in [0.29, 0.717) is 0 Å². The number of aryl methyl sites for hydroxylation is 1. The highest BCUT2D eigenvalue weighted by molar-refractivity contribution is 9.11. The van der Waals surface area contributed by atoms with Gasteiger partial charge < -0.3 is 4.57 Å². The van der Waals surface area contributed by atoms with Crippen LogP contribution < -0.4 is 0 Å². The van der Waals surface area contributed by atoms with Gasteiger partial charge in [-0.2, -0.15) is 0 Å². The quantitative estimate of drug-likeness (QED) is 0.390. The summed E-state index contributed by atoms with van der Waals surface area (Å²) in [7, 11) is 0.